The number of carboxylic acids is 3. The zero-order valence-electron chi connectivity index (χ0n) is 16.4. The first-order valence-corrected chi connectivity index (χ1v) is 9.27. The predicted molar refractivity (Wildman–Crippen MR) is 90.7 cm³/mol. The largest absolute Gasteiger partial charge is 0.481 e. The Labute approximate surface area is 174 Å². The fraction of sp³-hybridized carbons (Fsp3) is 0.765. The third kappa shape index (κ3) is 5.01. The lowest BCUT2D eigenvalue weighted by Gasteiger charge is -2.43. The van der Waals surface area contributed by atoms with Gasteiger partial charge < -0.3 is 39.0 Å². The Balaban J connectivity index is 2.08. The molecule has 0 bridgehead atoms. The highest BCUT2D eigenvalue weighted by molar-refractivity contribution is 6.06. The quantitative estimate of drug-likeness (QED) is 0.0769. The molecule has 3 rings (SSSR count). The number of epoxide rings is 3. The first kappa shape index (κ1) is 23.5. The minimum atomic E-state index is -3.48. The molecule has 0 aromatic carbocycles. The molecule has 14 heteroatoms. The second-order valence-electron chi connectivity index (χ2n) is 7.20. The minimum Gasteiger partial charge on any atom is -0.481 e. The Bertz CT molecular complexity index is 694. The first-order valence-electron chi connectivity index (χ1n) is 9.27. The van der Waals surface area contributed by atoms with E-state index in [0.717, 1.165) is 6.92 Å². The molecule has 0 saturated carbocycles. The molecule has 3 aliphatic rings. The van der Waals surface area contributed by atoms with Crippen molar-refractivity contribution in [3.05, 3.63) is 0 Å². The molecule has 3 N–H and O–H groups in total. The van der Waals surface area contributed by atoms with Crippen LogP contribution in [0.15, 0.2) is 0 Å². The summed E-state index contributed by atoms with van der Waals surface area (Å²) in [6.45, 7) is 0.128. The number of ether oxygens (including phenoxy) is 5. The number of ketones is 1. The molecule has 3 aliphatic heterocycles. The van der Waals surface area contributed by atoms with Crippen molar-refractivity contribution in [3.63, 3.8) is 0 Å². The van der Waals surface area contributed by atoms with Gasteiger partial charge >= 0.3 is 23.7 Å². The summed E-state index contributed by atoms with van der Waals surface area (Å²) in [7, 11) is 0. The number of carboxylic acid groups (broad SMARTS) is 3. The fourth-order valence-corrected chi connectivity index (χ4v) is 2.88. The van der Waals surface area contributed by atoms with Gasteiger partial charge in [0.2, 0.25) is 0 Å². The van der Waals surface area contributed by atoms with Gasteiger partial charge in [-0.1, -0.05) is 0 Å². The second kappa shape index (κ2) is 9.12. The van der Waals surface area contributed by atoms with Crippen molar-refractivity contribution >= 4 is 23.7 Å². The van der Waals surface area contributed by atoms with Crippen LogP contribution in [0.4, 0.5) is 0 Å². The molecule has 3 fully saturated rings. The van der Waals surface area contributed by atoms with Gasteiger partial charge in [0.05, 0.1) is 33.0 Å². The number of hydrogen-bond donors (Lipinski definition) is 3. The zero-order chi connectivity index (χ0) is 22.8. The molecule has 0 aromatic heterocycles. The van der Waals surface area contributed by atoms with Gasteiger partial charge in [0.15, 0.2) is 5.92 Å². The van der Waals surface area contributed by atoms with Gasteiger partial charge in [0.25, 0.3) is 5.60 Å². The maximum Gasteiger partial charge on any atom is 0.368 e. The summed E-state index contributed by atoms with van der Waals surface area (Å²) in [5.41, 5.74) is -3.48. The fourth-order valence-electron chi connectivity index (χ4n) is 2.88. The number of carbonyl (C=O) groups excluding carboxylic acids is 1. The first-order chi connectivity index (χ1) is 14.6. The van der Waals surface area contributed by atoms with E-state index >= 15 is 0 Å². The Morgan fingerprint density at radius 3 is 1.65 bits per heavy atom. The van der Waals surface area contributed by atoms with Gasteiger partial charge in [-0.05, 0) is 6.92 Å². The van der Waals surface area contributed by atoms with Crippen molar-refractivity contribution in [2.75, 3.05) is 39.6 Å². The van der Waals surface area contributed by atoms with Gasteiger partial charge in [-0.3, -0.25) is 9.59 Å². The molecule has 0 spiro atoms. The summed E-state index contributed by atoms with van der Waals surface area (Å²) in [5, 5.41) is 29.8. The smallest absolute Gasteiger partial charge is 0.368 e. The molecule has 0 aliphatic carbocycles. The number of Topliss-reactive ketones (excluding diaryl/α,β-unsaturated/α-hetero) is 1. The molecule has 0 aromatic rings. The summed E-state index contributed by atoms with van der Waals surface area (Å²) in [6.07, 6.45) is -1.62. The number of aliphatic carboxylic acids is 3. The van der Waals surface area contributed by atoms with E-state index in [9.17, 15) is 34.5 Å². The molecule has 3 saturated heterocycles. The van der Waals surface area contributed by atoms with Crippen LogP contribution in [0.3, 0.4) is 0 Å². The predicted octanol–water partition coefficient (Wildman–Crippen LogP) is -1.94. The summed E-state index contributed by atoms with van der Waals surface area (Å²) in [4.78, 5) is 59.0. The van der Waals surface area contributed by atoms with Crippen molar-refractivity contribution in [2.24, 2.45) is 5.92 Å². The van der Waals surface area contributed by atoms with Crippen LogP contribution in [0.2, 0.25) is 0 Å². The second-order valence-corrected chi connectivity index (χ2v) is 7.20. The SMILES string of the molecule is CC(=O)C(C(=O)O)C(OOCC1CO1)(C(=O)O)C(OCC1CO1)(OCC1CO1)C(=O)O. The van der Waals surface area contributed by atoms with E-state index in [0.29, 0.717) is 0 Å². The van der Waals surface area contributed by atoms with Crippen LogP contribution in [0.5, 0.6) is 0 Å². The van der Waals surface area contributed by atoms with Crippen molar-refractivity contribution < 1.29 is 68.0 Å². The minimum absolute atomic E-state index is 0.201. The molecule has 5 atom stereocenters. The Morgan fingerprint density at radius 2 is 1.32 bits per heavy atom. The van der Waals surface area contributed by atoms with E-state index in [2.05, 4.69) is 0 Å². The average molecular weight is 450 g/mol. The van der Waals surface area contributed by atoms with E-state index < -0.39 is 72.5 Å². The maximum absolute atomic E-state index is 12.5. The van der Waals surface area contributed by atoms with Crippen LogP contribution in [-0.2, 0) is 52.6 Å². The standard InChI is InChI=1S/C17H22O14/c1-8(18)12(13(19)20)16(14(21)22,31-30-7-11-4-27-11)17(15(23)24,28-5-9-2-25-9)29-6-10-3-26-10/h9-12H,2-7H2,1H3,(H,19,20)(H,21,22)(H,23,24). The van der Waals surface area contributed by atoms with Crippen LogP contribution < -0.4 is 0 Å². The van der Waals surface area contributed by atoms with E-state index in [1.807, 2.05) is 0 Å². The Hall–Kier alpha value is -2.20. The highest BCUT2D eigenvalue weighted by Gasteiger charge is 2.75. The summed E-state index contributed by atoms with van der Waals surface area (Å²) in [6, 6.07) is 0. The molecule has 5 unspecified atom stereocenters. The zero-order valence-corrected chi connectivity index (χ0v) is 16.4. The number of carbonyl (C=O) groups is 4. The van der Waals surface area contributed by atoms with Crippen LogP contribution in [0.25, 0.3) is 0 Å². The van der Waals surface area contributed by atoms with Gasteiger partial charge in [-0.15, -0.1) is 0 Å². The normalized spacial score (nSPS) is 28.6. The molecular formula is C17H22O14. The third-order valence-corrected chi connectivity index (χ3v) is 4.74. The van der Waals surface area contributed by atoms with E-state index in [1.54, 1.807) is 0 Å². The van der Waals surface area contributed by atoms with Crippen molar-refractivity contribution in [1.82, 2.24) is 0 Å². The lowest BCUT2D eigenvalue weighted by atomic mass is 9.77. The van der Waals surface area contributed by atoms with E-state index in [-0.39, 0.29) is 26.4 Å². The van der Waals surface area contributed by atoms with Crippen LogP contribution >= 0.6 is 0 Å². The summed E-state index contributed by atoms with van der Waals surface area (Å²) >= 11 is 0. The number of hydrogen-bond acceptors (Lipinski definition) is 11. The van der Waals surface area contributed by atoms with Gasteiger partial charge in [-0.25, -0.2) is 19.4 Å². The van der Waals surface area contributed by atoms with Crippen molar-refractivity contribution in [1.29, 1.82) is 0 Å². The number of rotatable bonds is 16. The molecule has 0 radical (unpaired) electrons. The van der Waals surface area contributed by atoms with Crippen LogP contribution in [-0.4, -0.2) is 108 Å². The lowest BCUT2D eigenvalue weighted by molar-refractivity contribution is -0.426. The van der Waals surface area contributed by atoms with E-state index in [4.69, 9.17) is 33.5 Å². The molecule has 0 amide bonds. The molecular weight excluding hydrogens is 428 g/mol. The van der Waals surface area contributed by atoms with Crippen LogP contribution in [0, 0.1) is 5.92 Å². The maximum atomic E-state index is 12.5. The topological polar surface area (TPSA) is 203 Å². The third-order valence-electron chi connectivity index (χ3n) is 4.74. The van der Waals surface area contributed by atoms with Crippen LogP contribution in [0.1, 0.15) is 6.92 Å². The Kier molecular flexibility index (Phi) is 6.90. The molecule has 14 nitrogen and oxygen atoms in total. The van der Waals surface area contributed by atoms with Gasteiger partial charge in [0, 0.05) is 0 Å². The van der Waals surface area contributed by atoms with Crippen molar-refractivity contribution in [2.45, 2.75) is 36.6 Å². The lowest BCUT2D eigenvalue weighted by Crippen LogP contribution is -2.73. The monoisotopic (exact) mass is 450 g/mol. The van der Waals surface area contributed by atoms with E-state index in [1.165, 1.54) is 0 Å². The summed E-state index contributed by atoms with van der Waals surface area (Å²) in [5.74, 6) is -13.3. The van der Waals surface area contributed by atoms with Gasteiger partial charge in [0.1, 0.15) is 30.7 Å². The summed E-state index contributed by atoms with van der Waals surface area (Å²) < 4.78 is 25.5. The highest BCUT2D eigenvalue weighted by atomic mass is 17.2. The van der Waals surface area contributed by atoms with Crippen molar-refractivity contribution in [3.8, 4) is 0 Å². The Morgan fingerprint density at radius 1 is 0.871 bits per heavy atom. The molecule has 31 heavy (non-hydrogen) atoms. The van der Waals surface area contributed by atoms with Gasteiger partial charge in [-0.2, -0.15) is 0 Å². The molecule has 3 heterocycles. The molecule has 174 valence electrons. The highest BCUT2D eigenvalue weighted by Crippen LogP contribution is 2.41. The average Bonchev–Trinajstić information content (AvgIpc) is 3.53.